The molecular weight excluding hydrogens is 272 g/mol. The summed E-state index contributed by atoms with van der Waals surface area (Å²) in [5.41, 5.74) is 0.837. The summed E-state index contributed by atoms with van der Waals surface area (Å²) >= 11 is 0. The lowest BCUT2D eigenvalue weighted by molar-refractivity contribution is -0.383. The summed E-state index contributed by atoms with van der Waals surface area (Å²) in [5, 5.41) is 20.6. The van der Waals surface area contributed by atoms with E-state index in [1.165, 1.54) is 6.07 Å². The lowest BCUT2D eigenvalue weighted by atomic mass is 10.2. The second kappa shape index (κ2) is 5.04. The van der Waals surface area contributed by atoms with E-state index in [4.69, 9.17) is 0 Å². The molecule has 1 heterocycles. The molecule has 0 bridgehead atoms. The number of fused-ring (bicyclic) bond motifs is 1. The first-order valence-corrected chi connectivity index (χ1v) is 6.14. The molecule has 0 fully saturated rings. The Balaban J connectivity index is 2.02. The largest absolute Gasteiger partial charge is 0.304 e. The molecule has 3 aromatic rings. The van der Waals surface area contributed by atoms with E-state index in [9.17, 15) is 14.9 Å². The Bertz CT molecular complexity index is 827. The summed E-state index contributed by atoms with van der Waals surface area (Å²) in [7, 11) is 0. The van der Waals surface area contributed by atoms with Crippen LogP contribution in [-0.2, 0) is 0 Å². The lowest BCUT2D eigenvalue weighted by Crippen LogP contribution is -2.12. The van der Waals surface area contributed by atoms with Gasteiger partial charge < -0.3 is 5.32 Å². The molecule has 2 N–H and O–H groups in total. The lowest BCUT2D eigenvalue weighted by Gasteiger charge is -2.02. The van der Waals surface area contributed by atoms with Crippen molar-refractivity contribution in [3.63, 3.8) is 0 Å². The number of benzene rings is 2. The average Bonchev–Trinajstić information content (AvgIpc) is 2.91. The number of hydrogen-bond acceptors (Lipinski definition) is 4. The zero-order chi connectivity index (χ0) is 14.8. The smallest absolute Gasteiger partial charge is 0.282 e. The van der Waals surface area contributed by atoms with Crippen molar-refractivity contribution in [3.05, 3.63) is 64.2 Å². The highest BCUT2D eigenvalue weighted by molar-refractivity contribution is 6.09. The van der Waals surface area contributed by atoms with Crippen molar-refractivity contribution in [2.45, 2.75) is 0 Å². The third kappa shape index (κ3) is 2.32. The van der Waals surface area contributed by atoms with Crippen LogP contribution in [0.5, 0.6) is 0 Å². The number of H-pyrrole nitrogens is 1. The van der Waals surface area contributed by atoms with Gasteiger partial charge in [0.05, 0.1) is 10.4 Å². The third-order valence-electron chi connectivity index (χ3n) is 3.03. The Hall–Kier alpha value is -3.22. The van der Waals surface area contributed by atoms with Gasteiger partial charge >= 0.3 is 0 Å². The predicted octanol–water partition coefficient (Wildman–Crippen LogP) is 2.72. The Morgan fingerprint density at radius 2 is 1.90 bits per heavy atom. The number of aromatic amines is 1. The molecule has 0 saturated heterocycles. The Morgan fingerprint density at radius 3 is 2.62 bits per heavy atom. The molecule has 0 aliphatic heterocycles. The summed E-state index contributed by atoms with van der Waals surface area (Å²) in [6.45, 7) is 0. The molecular formula is C14H10N4O3. The number of carbonyl (C=O) groups excluding carboxylic acids is 1. The van der Waals surface area contributed by atoms with E-state index in [0.29, 0.717) is 11.1 Å². The van der Waals surface area contributed by atoms with Crippen molar-refractivity contribution in [2.24, 2.45) is 0 Å². The van der Waals surface area contributed by atoms with Crippen molar-refractivity contribution < 1.29 is 9.72 Å². The number of carbonyl (C=O) groups is 1. The normalized spacial score (nSPS) is 10.5. The number of non-ortho nitro benzene ring substituents is 1. The molecule has 0 unspecified atom stereocenters. The Labute approximate surface area is 118 Å². The number of amides is 1. The number of hydrogen-bond donors (Lipinski definition) is 2. The summed E-state index contributed by atoms with van der Waals surface area (Å²) in [4.78, 5) is 22.7. The van der Waals surface area contributed by atoms with Crippen molar-refractivity contribution >= 4 is 28.3 Å². The molecule has 0 spiro atoms. The van der Waals surface area contributed by atoms with Crippen LogP contribution < -0.4 is 5.32 Å². The van der Waals surface area contributed by atoms with Gasteiger partial charge in [0.25, 0.3) is 11.6 Å². The molecule has 2 aromatic carbocycles. The number of anilines is 1. The van der Waals surface area contributed by atoms with Crippen LogP contribution in [0.2, 0.25) is 0 Å². The van der Waals surface area contributed by atoms with E-state index >= 15 is 0 Å². The van der Waals surface area contributed by atoms with E-state index in [2.05, 4.69) is 15.5 Å². The minimum Gasteiger partial charge on any atom is -0.304 e. The van der Waals surface area contributed by atoms with E-state index in [1.54, 1.807) is 42.5 Å². The van der Waals surface area contributed by atoms with E-state index < -0.39 is 4.92 Å². The quantitative estimate of drug-likeness (QED) is 0.569. The van der Waals surface area contributed by atoms with Crippen LogP contribution in [0.4, 0.5) is 11.5 Å². The highest BCUT2D eigenvalue weighted by Crippen LogP contribution is 2.30. The number of rotatable bonds is 3. The molecule has 0 atom stereocenters. The highest BCUT2D eigenvalue weighted by atomic mass is 16.6. The van der Waals surface area contributed by atoms with Gasteiger partial charge in [0.15, 0.2) is 5.82 Å². The first kappa shape index (κ1) is 12.8. The Morgan fingerprint density at radius 1 is 1.14 bits per heavy atom. The first-order valence-electron chi connectivity index (χ1n) is 6.14. The molecule has 0 radical (unpaired) electrons. The molecule has 0 aliphatic rings. The fourth-order valence-electron chi connectivity index (χ4n) is 2.07. The second-order valence-corrected chi connectivity index (χ2v) is 4.35. The molecule has 7 nitrogen and oxygen atoms in total. The summed E-state index contributed by atoms with van der Waals surface area (Å²) in [6.07, 6.45) is 0. The maximum absolute atomic E-state index is 12.1. The number of nitro benzene ring substituents is 1. The summed E-state index contributed by atoms with van der Waals surface area (Å²) in [6, 6.07) is 13.2. The molecule has 21 heavy (non-hydrogen) atoms. The topological polar surface area (TPSA) is 101 Å². The van der Waals surface area contributed by atoms with Gasteiger partial charge in [0.2, 0.25) is 0 Å². The van der Waals surface area contributed by atoms with Crippen molar-refractivity contribution in [2.75, 3.05) is 5.32 Å². The van der Waals surface area contributed by atoms with E-state index in [-0.39, 0.29) is 22.8 Å². The zero-order valence-electron chi connectivity index (χ0n) is 10.7. The monoisotopic (exact) mass is 282 g/mol. The number of nitrogens with zero attached hydrogens (tertiary/aromatic N) is 2. The maximum atomic E-state index is 12.1. The van der Waals surface area contributed by atoms with E-state index in [1.807, 2.05) is 0 Å². The molecule has 3 rings (SSSR count). The van der Waals surface area contributed by atoms with Gasteiger partial charge in [-0.05, 0) is 18.2 Å². The van der Waals surface area contributed by atoms with Crippen molar-refractivity contribution in [1.82, 2.24) is 10.2 Å². The number of nitrogens with one attached hydrogen (secondary N) is 2. The standard InChI is InChI=1S/C14H10N4O3/c19-14(9-5-2-1-3-6-9)15-13-12-10(16-17-13)7-4-8-11(12)18(20)21/h1-8H,(H2,15,16,17,19). The average molecular weight is 282 g/mol. The van der Waals surface area contributed by atoms with Crippen molar-refractivity contribution in [1.29, 1.82) is 0 Å². The fraction of sp³-hybridized carbons (Fsp3) is 0. The molecule has 1 amide bonds. The molecule has 0 saturated carbocycles. The van der Waals surface area contributed by atoms with Crippen LogP contribution >= 0.6 is 0 Å². The first-order chi connectivity index (χ1) is 10.2. The summed E-state index contributed by atoms with van der Waals surface area (Å²) in [5.74, 6) is -0.228. The SMILES string of the molecule is O=C(Nc1n[nH]c2cccc([N+](=O)[O-])c12)c1ccccc1. The Kier molecular flexibility index (Phi) is 3.07. The van der Waals surface area contributed by atoms with Gasteiger partial charge in [-0.3, -0.25) is 20.0 Å². The number of nitro groups is 1. The minimum absolute atomic E-state index is 0.107. The molecule has 1 aromatic heterocycles. The predicted molar refractivity (Wildman–Crippen MR) is 77.1 cm³/mol. The number of aromatic nitrogens is 2. The van der Waals surface area contributed by atoms with Crippen LogP contribution in [0.3, 0.4) is 0 Å². The van der Waals surface area contributed by atoms with Crippen LogP contribution in [0.25, 0.3) is 10.9 Å². The zero-order valence-corrected chi connectivity index (χ0v) is 10.7. The van der Waals surface area contributed by atoms with Crippen LogP contribution in [0, 0.1) is 10.1 Å². The van der Waals surface area contributed by atoms with Gasteiger partial charge in [0, 0.05) is 11.6 Å². The van der Waals surface area contributed by atoms with Gasteiger partial charge in [-0.15, -0.1) is 0 Å². The van der Waals surface area contributed by atoms with Gasteiger partial charge in [-0.1, -0.05) is 24.3 Å². The van der Waals surface area contributed by atoms with Gasteiger partial charge in [0.1, 0.15) is 5.39 Å². The second-order valence-electron chi connectivity index (χ2n) is 4.35. The van der Waals surface area contributed by atoms with E-state index in [0.717, 1.165) is 0 Å². The minimum atomic E-state index is -0.504. The fourth-order valence-corrected chi connectivity index (χ4v) is 2.07. The van der Waals surface area contributed by atoms with Crippen molar-refractivity contribution in [3.8, 4) is 0 Å². The van der Waals surface area contributed by atoms with Crippen LogP contribution in [-0.4, -0.2) is 21.0 Å². The molecule has 7 heteroatoms. The molecule has 104 valence electrons. The molecule has 0 aliphatic carbocycles. The van der Waals surface area contributed by atoms with Gasteiger partial charge in [-0.25, -0.2) is 0 Å². The maximum Gasteiger partial charge on any atom is 0.282 e. The van der Waals surface area contributed by atoms with Crippen LogP contribution in [0.15, 0.2) is 48.5 Å². The van der Waals surface area contributed by atoms with Crippen LogP contribution in [0.1, 0.15) is 10.4 Å². The summed E-state index contributed by atoms with van der Waals surface area (Å²) < 4.78 is 0. The third-order valence-corrected chi connectivity index (χ3v) is 3.03. The highest BCUT2D eigenvalue weighted by Gasteiger charge is 2.19. The van der Waals surface area contributed by atoms with Gasteiger partial charge in [-0.2, -0.15) is 5.10 Å².